The lowest BCUT2D eigenvalue weighted by Crippen LogP contribution is -2.45. The van der Waals surface area contributed by atoms with E-state index in [1.54, 1.807) is 30.3 Å². The molecule has 0 aliphatic carbocycles. The largest absolute Gasteiger partial charge is 0.445 e. The number of benzene rings is 4. The van der Waals surface area contributed by atoms with Crippen molar-refractivity contribution in [1.29, 1.82) is 0 Å². The summed E-state index contributed by atoms with van der Waals surface area (Å²) >= 11 is 0. The summed E-state index contributed by atoms with van der Waals surface area (Å²) in [5, 5.41) is 6.54. The third-order valence-corrected chi connectivity index (χ3v) is 7.27. The van der Waals surface area contributed by atoms with E-state index in [1.165, 1.54) is 13.1 Å². The molecule has 0 heterocycles. The maximum absolute atomic E-state index is 13.4. The number of ether oxygens (including phenoxy) is 1. The van der Waals surface area contributed by atoms with Crippen LogP contribution in [0.15, 0.2) is 102 Å². The van der Waals surface area contributed by atoms with Crippen molar-refractivity contribution >= 4 is 38.5 Å². The molecule has 4 aromatic rings. The van der Waals surface area contributed by atoms with Crippen LogP contribution in [-0.4, -0.2) is 33.5 Å². The third-order valence-electron chi connectivity index (χ3n) is 5.80. The summed E-state index contributed by atoms with van der Waals surface area (Å²) in [6.07, 6.45) is -0.489. The Morgan fingerprint density at radius 3 is 2.08 bits per heavy atom. The first-order valence-electron chi connectivity index (χ1n) is 11.6. The average molecular weight is 518 g/mol. The van der Waals surface area contributed by atoms with Gasteiger partial charge in [0.15, 0.2) is 0 Å². The van der Waals surface area contributed by atoms with Crippen LogP contribution >= 0.6 is 0 Å². The second-order valence-corrected chi connectivity index (χ2v) is 10.2. The topological polar surface area (TPSA) is 114 Å². The number of amides is 2. The Bertz CT molecular complexity index is 1490. The molecule has 2 amide bonds. The molecule has 0 saturated carbocycles. The smallest absolute Gasteiger partial charge is 0.408 e. The molecule has 0 unspecified atom stereocenters. The number of carbonyl (C=O) groups excluding carboxylic acids is 2. The molecule has 0 fully saturated rings. The van der Waals surface area contributed by atoms with E-state index in [-0.39, 0.29) is 17.9 Å². The predicted octanol–water partition coefficient (Wildman–Crippen LogP) is 4.22. The van der Waals surface area contributed by atoms with E-state index in [4.69, 9.17) is 4.74 Å². The molecule has 0 radical (unpaired) electrons. The number of hydrogen-bond acceptors (Lipinski definition) is 5. The van der Waals surface area contributed by atoms with Crippen molar-refractivity contribution in [2.45, 2.75) is 24.0 Å². The minimum Gasteiger partial charge on any atom is -0.445 e. The molecule has 0 aromatic heterocycles. The normalized spacial score (nSPS) is 12.0. The summed E-state index contributed by atoms with van der Waals surface area (Å²) in [6, 6.07) is 27.5. The van der Waals surface area contributed by atoms with Crippen molar-refractivity contribution in [3.8, 4) is 0 Å². The van der Waals surface area contributed by atoms with E-state index in [1.807, 2.05) is 60.7 Å². The summed E-state index contributed by atoms with van der Waals surface area (Å²) in [5.41, 5.74) is 2.10. The number of carbonyl (C=O) groups is 2. The van der Waals surface area contributed by atoms with Crippen LogP contribution in [0.1, 0.15) is 11.1 Å². The molecular formula is C28H27N3O5S. The molecule has 0 aliphatic rings. The first kappa shape index (κ1) is 25.9. The zero-order valence-electron chi connectivity index (χ0n) is 20.2. The first-order valence-corrected chi connectivity index (χ1v) is 13.1. The lowest BCUT2D eigenvalue weighted by molar-refractivity contribution is -0.118. The molecule has 0 spiro atoms. The molecule has 37 heavy (non-hydrogen) atoms. The summed E-state index contributed by atoms with van der Waals surface area (Å²) in [7, 11) is -2.36. The van der Waals surface area contributed by atoms with Crippen LogP contribution in [0.25, 0.3) is 10.8 Å². The monoisotopic (exact) mass is 517 g/mol. The van der Waals surface area contributed by atoms with Crippen LogP contribution < -0.4 is 15.4 Å². The van der Waals surface area contributed by atoms with Crippen molar-refractivity contribution in [3.63, 3.8) is 0 Å². The first-order chi connectivity index (χ1) is 17.9. The highest BCUT2D eigenvalue weighted by atomic mass is 32.2. The number of hydrogen-bond donors (Lipinski definition) is 3. The predicted molar refractivity (Wildman–Crippen MR) is 143 cm³/mol. The van der Waals surface area contributed by atoms with Crippen LogP contribution in [0.3, 0.4) is 0 Å². The van der Waals surface area contributed by atoms with E-state index >= 15 is 0 Å². The van der Waals surface area contributed by atoms with Crippen LogP contribution in [0.2, 0.25) is 0 Å². The van der Waals surface area contributed by atoms with Gasteiger partial charge in [0.25, 0.3) is 0 Å². The van der Waals surface area contributed by atoms with Gasteiger partial charge in [0, 0.05) is 22.9 Å². The number of sulfonamides is 1. The van der Waals surface area contributed by atoms with Gasteiger partial charge in [-0.05, 0) is 30.3 Å². The van der Waals surface area contributed by atoms with Gasteiger partial charge in [-0.3, -0.25) is 4.79 Å². The van der Waals surface area contributed by atoms with Crippen LogP contribution in [0.5, 0.6) is 0 Å². The Kier molecular flexibility index (Phi) is 8.17. The number of alkyl carbamates (subject to hydrolysis) is 1. The lowest BCUT2D eigenvalue weighted by atomic mass is 10.0. The molecule has 0 bridgehead atoms. The Labute approximate surface area is 215 Å². The fourth-order valence-electron chi connectivity index (χ4n) is 3.92. The van der Waals surface area contributed by atoms with Crippen molar-refractivity contribution in [1.82, 2.24) is 10.0 Å². The van der Waals surface area contributed by atoms with Gasteiger partial charge in [-0.15, -0.1) is 0 Å². The Morgan fingerprint density at radius 1 is 0.784 bits per heavy atom. The molecule has 4 rings (SSSR count). The van der Waals surface area contributed by atoms with Gasteiger partial charge < -0.3 is 15.4 Å². The SMILES string of the molecule is CNS(=O)(=O)c1cccc2c(NC(=O)[C@@H](Cc3ccccc3)NC(=O)OCc3ccccc3)cccc12. The second kappa shape index (κ2) is 11.7. The van der Waals surface area contributed by atoms with Gasteiger partial charge in [0.1, 0.15) is 12.6 Å². The number of fused-ring (bicyclic) bond motifs is 1. The fraction of sp³-hybridized carbons (Fsp3) is 0.143. The Morgan fingerprint density at radius 2 is 1.41 bits per heavy atom. The Balaban J connectivity index is 1.57. The molecule has 0 saturated heterocycles. The second-order valence-electron chi connectivity index (χ2n) is 8.30. The van der Waals surface area contributed by atoms with Gasteiger partial charge in [-0.25, -0.2) is 17.9 Å². The number of rotatable bonds is 9. The fourth-order valence-corrected chi connectivity index (χ4v) is 4.87. The average Bonchev–Trinajstić information content (AvgIpc) is 2.92. The standard InChI is InChI=1S/C28H27N3O5S/c1-29-37(34,35)26-17-9-14-22-23(26)15-8-16-24(22)30-27(32)25(18-20-10-4-2-5-11-20)31-28(33)36-19-21-12-6-3-7-13-21/h2-17,25,29H,18-19H2,1H3,(H,30,32)(H,31,33)/t25-/m1/s1. The van der Waals surface area contributed by atoms with Crippen molar-refractivity contribution < 1.29 is 22.7 Å². The quantitative estimate of drug-likeness (QED) is 0.308. The van der Waals surface area contributed by atoms with Crippen LogP contribution in [-0.2, 0) is 32.6 Å². The molecule has 3 N–H and O–H groups in total. The van der Waals surface area contributed by atoms with Gasteiger partial charge >= 0.3 is 6.09 Å². The zero-order chi connectivity index (χ0) is 26.3. The molecule has 4 aromatic carbocycles. The van der Waals surface area contributed by atoms with Gasteiger partial charge in [0.2, 0.25) is 15.9 Å². The van der Waals surface area contributed by atoms with E-state index in [0.717, 1.165) is 11.1 Å². The Hall–Kier alpha value is -4.21. The summed E-state index contributed by atoms with van der Waals surface area (Å²) in [4.78, 5) is 26.1. The summed E-state index contributed by atoms with van der Waals surface area (Å²) in [5.74, 6) is -0.463. The minimum absolute atomic E-state index is 0.0678. The highest BCUT2D eigenvalue weighted by Gasteiger charge is 2.23. The van der Waals surface area contributed by atoms with Gasteiger partial charge in [-0.2, -0.15) is 0 Å². The van der Waals surface area contributed by atoms with E-state index in [2.05, 4.69) is 15.4 Å². The molecule has 0 aliphatic heterocycles. The highest BCUT2D eigenvalue weighted by molar-refractivity contribution is 7.89. The van der Waals surface area contributed by atoms with E-state index < -0.39 is 28.1 Å². The maximum Gasteiger partial charge on any atom is 0.408 e. The van der Waals surface area contributed by atoms with Crippen LogP contribution in [0, 0.1) is 0 Å². The molecule has 9 heteroatoms. The minimum atomic E-state index is -3.71. The maximum atomic E-state index is 13.4. The number of anilines is 1. The lowest BCUT2D eigenvalue weighted by Gasteiger charge is -2.19. The van der Waals surface area contributed by atoms with Gasteiger partial charge in [-0.1, -0.05) is 84.9 Å². The summed E-state index contributed by atoms with van der Waals surface area (Å²) in [6.45, 7) is 0.0678. The van der Waals surface area contributed by atoms with Crippen molar-refractivity contribution in [3.05, 3.63) is 108 Å². The van der Waals surface area contributed by atoms with Crippen molar-refractivity contribution in [2.75, 3.05) is 12.4 Å². The molecular weight excluding hydrogens is 490 g/mol. The van der Waals surface area contributed by atoms with E-state index in [9.17, 15) is 18.0 Å². The molecule has 190 valence electrons. The summed E-state index contributed by atoms with van der Waals surface area (Å²) < 4.78 is 32.6. The molecule has 1 atom stereocenters. The highest BCUT2D eigenvalue weighted by Crippen LogP contribution is 2.29. The zero-order valence-corrected chi connectivity index (χ0v) is 21.0. The van der Waals surface area contributed by atoms with E-state index in [0.29, 0.717) is 16.5 Å². The van der Waals surface area contributed by atoms with Crippen molar-refractivity contribution in [2.24, 2.45) is 0 Å². The molecule has 8 nitrogen and oxygen atoms in total. The van der Waals surface area contributed by atoms with Crippen LogP contribution in [0.4, 0.5) is 10.5 Å². The number of nitrogens with one attached hydrogen (secondary N) is 3. The third kappa shape index (κ3) is 6.52. The van der Waals surface area contributed by atoms with Gasteiger partial charge in [0.05, 0.1) is 4.90 Å².